The lowest BCUT2D eigenvalue weighted by atomic mass is 10.2. The van der Waals surface area contributed by atoms with E-state index in [1.165, 1.54) is 6.26 Å². The highest BCUT2D eigenvalue weighted by Gasteiger charge is 2.04. The van der Waals surface area contributed by atoms with E-state index in [1.807, 2.05) is 13.0 Å². The molecule has 0 aliphatic carbocycles. The van der Waals surface area contributed by atoms with Crippen LogP contribution in [0.15, 0.2) is 18.2 Å². The predicted octanol–water partition coefficient (Wildman–Crippen LogP) is 2.07. The first kappa shape index (κ1) is 12.3. The number of ether oxygens (including phenoxy) is 1. The van der Waals surface area contributed by atoms with Gasteiger partial charge in [0.05, 0.1) is 5.75 Å². The SMILES string of the molecule is Cc1ccc(Cl)cc1OCCS(C)(=O)=O. The zero-order valence-electron chi connectivity index (χ0n) is 8.66. The molecular weight excluding hydrogens is 236 g/mol. The fourth-order valence-corrected chi connectivity index (χ4v) is 1.58. The van der Waals surface area contributed by atoms with E-state index in [2.05, 4.69) is 0 Å². The van der Waals surface area contributed by atoms with Gasteiger partial charge in [-0.15, -0.1) is 0 Å². The summed E-state index contributed by atoms with van der Waals surface area (Å²) < 4.78 is 27.1. The van der Waals surface area contributed by atoms with Gasteiger partial charge in [0.15, 0.2) is 9.84 Å². The number of hydrogen-bond acceptors (Lipinski definition) is 3. The summed E-state index contributed by atoms with van der Waals surface area (Å²) in [6, 6.07) is 5.28. The molecule has 0 aromatic heterocycles. The Labute approximate surface area is 94.9 Å². The second-order valence-electron chi connectivity index (χ2n) is 3.39. The van der Waals surface area contributed by atoms with Crippen LogP contribution < -0.4 is 4.74 Å². The van der Waals surface area contributed by atoms with Gasteiger partial charge in [0.25, 0.3) is 0 Å². The first-order valence-electron chi connectivity index (χ1n) is 4.45. The monoisotopic (exact) mass is 248 g/mol. The molecule has 15 heavy (non-hydrogen) atoms. The van der Waals surface area contributed by atoms with Crippen molar-refractivity contribution in [3.8, 4) is 5.75 Å². The van der Waals surface area contributed by atoms with Gasteiger partial charge >= 0.3 is 0 Å². The van der Waals surface area contributed by atoms with E-state index >= 15 is 0 Å². The Kier molecular flexibility index (Phi) is 3.99. The summed E-state index contributed by atoms with van der Waals surface area (Å²) in [6.45, 7) is 2.03. The molecule has 0 atom stereocenters. The summed E-state index contributed by atoms with van der Waals surface area (Å²) >= 11 is 5.79. The normalized spacial score (nSPS) is 11.4. The van der Waals surface area contributed by atoms with Crippen LogP contribution in [0.25, 0.3) is 0 Å². The van der Waals surface area contributed by atoms with Crippen molar-refractivity contribution in [3.63, 3.8) is 0 Å². The standard InChI is InChI=1S/C10H13ClO3S/c1-8-3-4-9(11)7-10(8)14-5-6-15(2,12)13/h3-4,7H,5-6H2,1-2H3. The van der Waals surface area contributed by atoms with Gasteiger partial charge in [-0.1, -0.05) is 17.7 Å². The van der Waals surface area contributed by atoms with Crippen molar-refractivity contribution >= 4 is 21.4 Å². The Hall–Kier alpha value is -0.740. The summed E-state index contributed by atoms with van der Waals surface area (Å²) in [6.07, 6.45) is 1.18. The Bertz CT molecular complexity index is 440. The molecule has 0 unspecified atom stereocenters. The maximum absolute atomic E-state index is 10.9. The third-order valence-electron chi connectivity index (χ3n) is 1.86. The van der Waals surface area contributed by atoms with Gasteiger partial charge < -0.3 is 4.74 Å². The highest BCUT2D eigenvalue weighted by atomic mass is 35.5. The summed E-state index contributed by atoms with van der Waals surface area (Å²) in [5.41, 5.74) is 0.938. The van der Waals surface area contributed by atoms with E-state index < -0.39 is 9.84 Å². The van der Waals surface area contributed by atoms with Gasteiger partial charge in [-0.25, -0.2) is 8.42 Å². The van der Waals surface area contributed by atoms with Gasteiger partial charge in [-0.05, 0) is 24.6 Å². The third-order valence-corrected chi connectivity index (χ3v) is 3.01. The van der Waals surface area contributed by atoms with Gasteiger partial charge in [-0.3, -0.25) is 0 Å². The van der Waals surface area contributed by atoms with Crippen LogP contribution in [0.3, 0.4) is 0 Å². The van der Waals surface area contributed by atoms with Crippen LogP contribution >= 0.6 is 11.6 Å². The van der Waals surface area contributed by atoms with Crippen LogP contribution in [0.1, 0.15) is 5.56 Å². The summed E-state index contributed by atoms with van der Waals surface area (Å²) in [4.78, 5) is 0. The molecule has 0 radical (unpaired) electrons. The quantitative estimate of drug-likeness (QED) is 0.819. The lowest BCUT2D eigenvalue weighted by molar-refractivity contribution is 0.339. The minimum atomic E-state index is -2.98. The Morgan fingerprint density at radius 1 is 1.40 bits per heavy atom. The maximum atomic E-state index is 10.9. The van der Waals surface area contributed by atoms with Gasteiger partial charge in [-0.2, -0.15) is 0 Å². The van der Waals surface area contributed by atoms with Crippen molar-refractivity contribution in [1.82, 2.24) is 0 Å². The van der Waals surface area contributed by atoms with Crippen LogP contribution in [0.2, 0.25) is 5.02 Å². The summed E-state index contributed by atoms with van der Waals surface area (Å²) in [5.74, 6) is 0.644. The Balaban J connectivity index is 2.61. The van der Waals surface area contributed by atoms with Crippen LogP contribution in [0.5, 0.6) is 5.75 Å². The van der Waals surface area contributed by atoms with Crippen LogP contribution in [0, 0.1) is 6.92 Å². The predicted molar refractivity (Wildman–Crippen MR) is 61.4 cm³/mol. The molecule has 5 heteroatoms. The zero-order chi connectivity index (χ0) is 11.5. The van der Waals surface area contributed by atoms with E-state index in [0.717, 1.165) is 5.56 Å². The van der Waals surface area contributed by atoms with E-state index in [1.54, 1.807) is 12.1 Å². The van der Waals surface area contributed by atoms with Gasteiger partial charge in [0.1, 0.15) is 12.4 Å². The molecule has 84 valence electrons. The van der Waals surface area contributed by atoms with Gasteiger partial charge in [0, 0.05) is 11.3 Å². The van der Waals surface area contributed by atoms with Crippen molar-refractivity contribution in [2.24, 2.45) is 0 Å². The molecule has 0 spiro atoms. The topological polar surface area (TPSA) is 43.4 Å². The fraction of sp³-hybridized carbons (Fsp3) is 0.400. The first-order chi connectivity index (χ1) is 6.88. The smallest absolute Gasteiger partial charge is 0.150 e. The number of hydrogen-bond donors (Lipinski definition) is 0. The number of benzene rings is 1. The largest absolute Gasteiger partial charge is 0.492 e. The van der Waals surface area contributed by atoms with Crippen molar-refractivity contribution in [2.75, 3.05) is 18.6 Å². The number of sulfone groups is 1. The third kappa shape index (κ3) is 4.53. The molecule has 1 rings (SSSR count). The van der Waals surface area contributed by atoms with Gasteiger partial charge in [0.2, 0.25) is 0 Å². The van der Waals surface area contributed by atoms with E-state index in [-0.39, 0.29) is 12.4 Å². The molecule has 0 aliphatic rings. The average molecular weight is 249 g/mol. The number of rotatable bonds is 4. The van der Waals surface area contributed by atoms with Crippen LogP contribution in [-0.4, -0.2) is 27.0 Å². The Morgan fingerprint density at radius 2 is 2.07 bits per heavy atom. The minimum absolute atomic E-state index is 0.0129. The second-order valence-corrected chi connectivity index (χ2v) is 6.08. The molecule has 1 aromatic carbocycles. The lowest BCUT2D eigenvalue weighted by Gasteiger charge is -2.08. The summed E-state index contributed by atoms with van der Waals surface area (Å²) in [5, 5.41) is 0.579. The molecule has 0 aliphatic heterocycles. The highest BCUT2D eigenvalue weighted by molar-refractivity contribution is 7.90. The maximum Gasteiger partial charge on any atom is 0.150 e. The number of halogens is 1. The molecule has 1 aromatic rings. The fourth-order valence-electron chi connectivity index (χ4n) is 1.03. The van der Waals surface area contributed by atoms with Crippen molar-refractivity contribution < 1.29 is 13.2 Å². The molecule has 0 heterocycles. The summed E-state index contributed by atoms with van der Waals surface area (Å²) in [7, 11) is -2.98. The molecule has 0 bridgehead atoms. The molecule has 0 N–H and O–H groups in total. The van der Waals surface area contributed by atoms with E-state index in [0.29, 0.717) is 10.8 Å². The average Bonchev–Trinajstić information content (AvgIpc) is 2.09. The minimum Gasteiger partial charge on any atom is -0.492 e. The Morgan fingerprint density at radius 3 is 2.67 bits per heavy atom. The highest BCUT2D eigenvalue weighted by Crippen LogP contribution is 2.22. The van der Waals surface area contributed by atoms with Crippen LogP contribution in [0.4, 0.5) is 0 Å². The molecule has 3 nitrogen and oxygen atoms in total. The molecule has 0 saturated carbocycles. The lowest BCUT2D eigenvalue weighted by Crippen LogP contribution is -2.12. The van der Waals surface area contributed by atoms with Crippen molar-refractivity contribution in [1.29, 1.82) is 0 Å². The second kappa shape index (κ2) is 4.86. The number of aryl methyl sites for hydroxylation is 1. The van der Waals surface area contributed by atoms with Crippen molar-refractivity contribution in [3.05, 3.63) is 28.8 Å². The molecule has 0 saturated heterocycles. The van der Waals surface area contributed by atoms with E-state index in [9.17, 15) is 8.42 Å². The molecule has 0 amide bonds. The van der Waals surface area contributed by atoms with E-state index in [4.69, 9.17) is 16.3 Å². The molecule has 0 fully saturated rings. The zero-order valence-corrected chi connectivity index (χ0v) is 10.2. The van der Waals surface area contributed by atoms with Crippen molar-refractivity contribution in [2.45, 2.75) is 6.92 Å². The first-order valence-corrected chi connectivity index (χ1v) is 6.89. The van der Waals surface area contributed by atoms with Crippen LogP contribution in [-0.2, 0) is 9.84 Å². The molecular formula is C10H13ClO3S.